The van der Waals surface area contributed by atoms with Gasteiger partial charge in [0.15, 0.2) is 0 Å². The molecule has 0 amide bonds. The van der Waals surface area contributed by atoms with Crippen molar-refractivity contribution >= 4 is 16.6 Å². The third kappa shape index (κ3) is 2.33. The maximum Gasteiger partial charge on any atom is 0.120 e. The number of phenols is 1. The molecular formula is C15H14N2O2. The van der Waals surface area contributed by atoms with Gasteiger partial charge in [-0.05, 0) is 36.4 Å². The molecule has 0 fully saturated rings. The first-order valence-corrected chi connectivity index (χ1v) is 6.00. The summed E-state index contributed by atoms with van der Waals surface area (Å²) in [6.07, 6.45) is 1.92. The number of H-pyrrole nitrogens is 1. The van der Waals surface area contributed by atoms with Crippen LogP contribution in [0.1, 0.15) is 5.56 Å². The van der Waals surface area contributed by atoms with Crippen LogP contribution in [-0.2, 0) is 6.61 Å². The largest absolute Gasteiger partial charge is 0.508 e. The zero-order chi connectivity index (χ0) is 13.2. The van der Waals surface area contributed by atoms with E-state index in [1.165, 1.54) is 0 Å². The van der Waals surface area contributed by atoms with Crippen molar-refractivity contribution in [1.29, 1.82) is 0 Å². The molecule has 0 radical (unpaired) electrons. The SMILES string of the molecule is Nc1ccc2c(COc3ccc(O)cc3)c[nH]c2c1. The van der Waals surface area contributed by atoms with Gasteiger partial charge < -0.3 is 20.6 Å². The summed E-state index contributed by atoms with van der Waals surface area (Å²) in [6, 6.07) is 12.4. The number of ether oxygens (including phenoxy) is 1. The number of nitrogen functional groups attached to an aromatic ring is 1. The van der Waals surface area contributed by atoms with Crippen LogP contribution in [0.5, 0.6) is 11.5 Å². The lowest BCUT2D eigenvalue weighted by atomic mass is 10.2. The second-order valence-electron chi connectivity index (χ2n) is 4.40. The number of anilines is 1. The van der Waals surface area contributed by atoms with Crippen LogP contribution in [0.3, 0.4) is 0 Å². The first-order valence-electron chi connectivity index (χ1n) is 6.00. The molecule has 19 heavy (non-hydrogen) atoms. The minimum Gasteiger partial charge on any atom is -0.508 e. The number of fused-ring (bicyclic) bond motifs is 1. The highest BCUT2D eigenvalue weighted by Crippen LogP contribution is 2.23. The van der Waals surface area contributed by atoms with Crippen LogP contribution in [0.4, 0.5) is 5.69 Å². The van der Waals surface area contributed by atoms with Gasteiger partial charge in [-0.25, -0.2) is 0 Å². The topological polar surface area (TPSA) is 71.3 Å². The van der Waals surface area contributed by atoms with E-state index >= 15 is 0 Å². The van der Waals surface area contributed by atoms with Gasteiger partial charge in [0.1, 0.15) is 18.1 Å². The van der Waals surface area contributed by atoms with E-state index in [-0.39, 0.29) is 5.75 Å². The Hall–Kier alpha value is -2.62. The monoisotopic (exact) mass is 254 g/mol. The maximum atomic E-state index is 9.20. The number of nitrogens with one attached hydrogen (secondary N) is 1. The first-order chi connectivity index (χ1) is 9.22. The Morgan fingerprint density at radius 1 is 1.11 bits per heavy atom. The molecule has 0 atom stereocenters. The number of nitrogens with two attached hydrogens (primary N) is 1. The number of benzene rings is 2. The standard InChI is InChI=1S/C15H14N2O2/c16-11-1-6-14-10(8-17-15(14)7-11)9-19-13-4-2-12(18)3-5-13/h1-8,17-18H,9,16H2. The predicted molar refractivity (Wildman–Crippen MR) is 75.1 cm³/mol. The molecule has 0 saturated carbocycles. The van der Waals surface area contributed by atoms with Crippen LogP contribution >= 0.6 is 0 Å². The van der Waals surface area contributed by atoms with Crippen molar-refractivity contribution in [3.63, 3.8) is 0 Å². The molecule has 0 unspecified atom stereocenters. The van der Waals surface area contributed by atoms with Gasteiger partial charge in [0.25, 0.3) is 0 Å². The molecule has 4 heteroatoms. The van der Waals surface area contributed by atoms with E-state index in [1.54, 1.807) is 24.3 Å². The summed E-state index contributed by atoms with van der Waals surface area (Å²) in [5.74, 6) is 0.956. The van der Waals surface area contributed by atoms with Gasteiger partial charge in [0.2, 0.25) is 0 Å². The Bertz CT molecular complexity index is 702. The molecule has 0 aliphatic carbocycles. The van der Waals surface area contributed by atoms with Gasteiger partial charge in [-0.15, -0.1) is 0 Å². The van der Waals surface area contributed by atoms with Gasteiger partial charge >= 0.3 is 0 Å². The van der Waals surface area contributed by atoms with Crippen molar-refractivity contribution in [2.24, 2.45) is 0 Å². The second-order valence-corrected chi connectivity index (χ2v) is 4.40. The third-order valence-electron chi connectivity index (χ3n) is 3.02. The number of phenolic OH excluding ortho intramolecular Hbond substituents is 1. The van der Waals surface area contributed by atoms with Crippen molar-refractivity contribution in [2.75, 3.05) is 5.73 Å². The molecule has 0 aliphatic heterocycles. The van der Waals surface area contributed by atoms with Crippen molar-refractivity contribution in [3.05, 3.63) is 54.2 Å². The van der Waals surface area contributed by atoms with Crippen LogP contribution in [-0.4, -0.2) is 10.1 Å². The number of aromatic hydroxyl groups is 1. The smallest absolute Gasteiger partial charge is 0.120 e. The summed E-state index contributed by atoms with van der Waals surface area (Å²) in [6.45, 7) is 0.467. The average Bonchev–Trinajstić information content (AvgIpc) is 2.80. The molecule has 4 nitrogen and oxygen atoms in total. The highest BCUT2D eigenvalue weighted by molar-refractivity contribution is 5.85. The molecule has 0 bridgehead atoms. The van der Waals surface area contributed by atoms with E-state index in [4.69, 9.17) is 10.5 Å². The fourth-order valence-corrected chi connectivity index (χ4v) is 2.03. The van der Waals surface area contributed by atoms with Crippen molar-refractivity contribution in [3.8, 4) is 11.5 Å². The molecule has 0 spiro atoms. The summed E-state index contributed by atoms with van der Waals surface area (Å²) in [5.41, 5.74) is 8.55. The predicted octanol–water partition coefficient (Wildman–Crippen LogP) is 3.03. The van der Waals surface area contributed by atoms with E-state index < -0.39 is 0 Å². The van der Waals surface area contributed by atoms with Gasteiger partial charge in [-0.3, -0.25) is 0 Å². The quantitative estimate of drug-likeness (QED) is 0.629. The average molecular weight is 254 g/mol. The number of aromatic nitrogens is 1. The van der Waals surface area contributed by atoms with Gasteiger partial charge in [-0.2, -0.15) is 0 Å². The molecule has 3 aromatic rings. The normalized spacial score (nSPS) is 10.7. The lowest BCUT2D eigenvalue weighted by Crippen LogP contribution is -1.94. The Balaban J connectivity index is 1.80. The molecule has 1 aromatic heterocycles. The minimum atomic E-state index is 0.231. The van der Waals surface area contributed by atoms with E-state index in [2.05, 4.69) is 4.98 Å². The van der Waals surface area contributed by atoms with Crippen LogP contribution in [0.25, 0.3) is 10.9 Å². The Morgan fingerprint density at radius 2 is 1.89 bits per heavy atom. The van der Waals surface area contributed by atoms with Gasteiger partial charge in [-0.1, -0.05) is 6.07 Å². The van der Waals surface area contributed by atoms with E-state index in [1.807, 2.05) is 24.4 Å². The highest BCUT2D eigenvalue weighted by atomic mass is 16.5. The van der Waals surface area contributed by atoms with Crippen LogP contribution < -0.4 is 10.5 Å². The molecular weight excluding hydrogens is 240 g/mol. The summed E-state index contributed by atoms with van der Waals surface area (Å²) in [5, 5.41) is 10.3. The van der Waals surface area contributed by atoms with Crippen LogP contribution in [0.2, 0.25) is 0 Å². The number of hydrogen-bond donors (Lipinski definition) is 3. The molecule has 3 rings (SSSR count). The zero-order valence-corrected chi connectivity index (χ0v) is 10.3. The van der Waals surface area contributed by atoms with Crippen molar-refractivity contribution < 1.29 is 9.84 Å². The molecule has 2 aromatic carbocycles. The Kier molecular flexibility index (Phi) is 2.76. The summed E-state index contributed by atoms with van der Waals surface area (Å²) >= 11 is 0. The Morgan fingerprint density at radius 3 is 2.68 bits per heavy atom. The van der Waals surface area contributed by atoms with Crippen molar-refractivity contribution in [1.82, 2.24) is 4.98 Å². The third-order valence-corrected chi connectivity index (χ3v) is 3.02. The van der Waals surface area contributed by atoms with Gasteiger partial charge in [0, 0.05) is 28.4 Å². The lowest BCUT2D eigenvalue weighted by molar-refractivity contribution is 0.307. The van der Waals surface area contributed by atoms with E-state index in [0.717, 1.165) is 27.9 Å². The van der Waals surface area contributed by atoms with E-state index in [9.17, 15) is 5.11 Å². The number of hydrogen-bond acceptors (Lipinski definition) is 3. The molecule has 0 aliphatic rings. The summed E-state index contributed by atoms with van der Waals surface area (Å²) in [7, 11) is 0. The Labute approximate surface area is 110 Å². The van der Waals surface area contributed by atoms with E-state index in [0.29, 0.717) is 6.61 Å². The second kappa shape index (κ2) is 4.57. The van der Waals surface area contributed by atoms with Gasteiger partial charge in [0.05, 0.1) is 0 Å². The van der Waals surface area contributed by atoms with Crippen LogP contribution in [0.15, 0.2) is 48.7 Å². The van der Waals surface area contributed by atoms with Crippen LogP contribution in [0, 0.1) is 0 Å². The lowest BCUT2D eigenvalue weighted by Gasteiger charge is -2.05. The molecule has 0 saturated heterocycles. The summed E-state index contributed by atoms with van der Waals surface area (Å²) in [4.78, 5) is 3.17. The molecule has 4 N–H and O–H groups in total. The highest BCUT2D eigenvalue weighted by Gasteiger charge is 2.04. The maximum absolute atomic E-state index is 9.20. The summed E-state index contributed by atoms with van der Waals surface area (Å²) < 4.78 is 5.68. The zero-order valence-electron chi connectivity index (χ0n) is 10.3. The number of aromatic amines is 1. The number of rotatable bonds is 3. The first kappa shape index (κ1) is 11.5. The minimum absolute atomic E-state index is 0.231. The van der Waals surface area contributed by atoms with Crippen molar-refractivity contribution in [2.45, 2.75) is 6.61 Å². The fraction of sp³-hybridized carbons (Fsp3) is 0.0667. The molecule has 96 valence electrons. The molecule has 1 heterocycles. The fourth-order valence-electron chi connectivity index (χ4n) is 2.03.